The van der Waals surface area contributed by atoms with Gasteiger partial charge in [0.2, 0.25) is 0 Å². The Morgan fingerprint density at radius 3 is 2.66 bits per heavy atom. The summed E-state index contributed by atoms with van der Waals surface area (Å²) in [4.78, 5) is 37.9. The maximum atomic E-state index is 13.2. The first-order chi connectivity index (χ1) is 19.7. The highest BCUT2D eigenvalue weighted by molar-refractivity contribution is 6.23. The number of carbonyl (C=O) groups is 2. The summed E-state index contributed by atoms with van der Waals surface area (Å²) in [6, 6.07) is 9.15. The van der Waals surface area contributed by atoms with Gasteiger partial charge in [0.15, 0.2) is 6.23 Å². The van der Waals surface area contributed by atoms with E-state index >= 15 is 0 Å². The molecule has 4 N–H and O–H groups in total. The summed E-state index contributed by atoms with van der Waals surface area (Å²) in [5.41, 5.74) is 5.43. The van der Waals surface area contributed by atoms with Crippen molar-refractivity contribution in [3.63, 3.8) is 0 Å². The van der Waals surface area contributed by atoms with Crippen molar-refractivity contribution in [2.24, 2.45) is 0 Å². The Hall–Kier alpha value is -3.99. The molecule has 6 rings (SSSR count). The number of rotatable bonds is 8. The molecule has 10 heteroatoms. The molecule has 10 nitrogen and oxygen atoms in total. The Morgan fingerprint density at radius 2 is 1.93 bits per heavy atom. The second kappa shape index (κ2) is 10.8. The van der Waals surface area contributed by atoms with Crippen LogP contribution in [0.1, 0.15) is 56.9 Å². The number of aliphatic hydroxyl groups excluding tert-OH is 2. The number of hydrogen-bond acceptors (Lipinski definition) is 8. The summed E-state index contributed by atoms with van der Waals surface area (Å²) in [5, 5.41) is 24.4. The molecule has 1 saturated heterocycles. The largest absolute Gasteiger partial charge is 0.491 e. The number of nitrogens with one attached hydrogen (secondary N) is 2. The minimum absolute atomic E-state index is 0.126. The number of nitrogens with zero attached hydrogens (tertiary/aromatic N) is 3. The van der Waals surface area contributed by atoms with E-state index in [4.69, 9.17) is 9.72 Å². The summed E-state index contributed by atoms with van der Waals surface area (Å²) in [7, 11) is 1.99. The highest BCUT2D eigenvalue weighted by atomic mass is 16.5. The molecule has 0 radical (unpaired) electrons. The quantitative estimate of drug-likeness (QED) is 0.311. The number of hydrogen-bond donors (Lipinski definition) is 4. The van der Waals surface area contributed by atoms with Gasteiger partial charge in [0.1, 0.15) is 18.2 Å². The average molecular weight is 558 g/mol. The summed E-state index contributed by atoms with van der Waals surface area (Å²) < 4.78 is 5.84. The zero-order chi connectivity index (χ0) is 28.8. The Labute approximate surface area is 238 Å². The number of ether oxygens (including phenoxy) is 1. The third-order valence-corrected chi connectivity index (χ3v) is 8.17. The molecule has 0 saturated carbocycles. The number of aliphatic hydroxyl groups is 2. The minimum Gasteiger partial charge on any atom is -0.491 e. The lowest BCUT2D eigenvalue weighted by molar-refractivity contribution is 0.0590. The zero-order valence-corrected chi connectivity index (χ0v) is 23.5. The van der Waals surface area contributed by atoms with Gasteiger partial charge in [-0.3, -0.25) is 14.5 Å². The predicted molar refractivity (Wildman–Crippen MR) is 154 cm³/mol. The van der Waals surface area contributed by atoms with Crippen LogP contribution in [0.5, 0.6) is 5.75 Å². The number of benzene rings is 2. The fourth-order valence-electron chi connectivity index (χ4n) is 5.99. The molecular formula is C31H35N5O5. The van der Waals surface area contributed by atoms with Crippen molar-refractivity contribution in [3.05, 3.63) is 76.3 Å². The molecule has 3 atom stereocenters. The summed E-state index contributed by atoms with van der Waals surface area (Å²) in [6.07, 6.45) is 3.49. The molecule has 0 spiro atoms. The molecule has 4 heterocycles. The summed E-state index contributed by atoms with van der Waals surface area (Å²) in [6.45, 7) is 5.68. The number of likely N-dealkylation sites (tertiary alicyclic amines) is 1. The van der Waals surface area contributed by atoms with Crippen molar-refractivity contribution in [1.29, 1.82) is 0 Å². The number of aryl methyl sites for hydroxylation is 2. The lowest BCUT2D eigenvalue weighted by Crippen LogP contribution is -2.41. The Kier molecular flexibility index (Phi) is 7.14. The van der Waals surface area contributed by atoms with Crippen LogP contribution in [0.25, 0.3) is 16.6 Å². The Morgan fingerprint density at radius 1 is 1.15 bits per heavy atom. The molecule has 1 unspecified atom stereocenters. The van der Waals surface area contributed by atoms with Crippen LogP contribution in [-0.4, -0.2) is 86.9 Å². The summed E-state index contributed by atoms with van der Waals surface area (Å²) in [5.74, 6) is 0.633. The smallest absolute Gasteiger partial charge is 0.261 e. The summed E-state index contributed by atoms with van der Waals surface area (Å²) >= 11 is 0. The maximum absolute atomic E-state index is 13.2. The lowest BCUT2D eigenvalue weighted by atomic mass is 9.97. The number of amides is 2. The van der Waals surface area contributed by atoms with Crippen LogP contribution in [0.15, 0.2) is 48.2 Å². The second-order valence-corrected chi connectivity index (χ2v) is 11.3. The van der Waals surface area contributed by atoms with Crippen LogP contribution >= 0.6 is 0 Å². The van der Waals surface area contributed by atoms with Gasteiger partial charge in [-0.2, -0.15) is 0 Å². The average Bonchev–Trinajstić information content (AvgIpc) is 3.61. The first-order valence-corrected chi connectivity index (χ1v) is 14.0. The fraction of sp³-hybridized carbons (Fsp3) is 0.387. The van der Waals surface area contributed by atoms with Gasteiger partial charge in [-0.1, -0.05) is 17.7 Å². The molecule has 41 heavy (non-hydrogen) atoms. The predicted octanol–water partition coefficient (Wildman–Crippen LogP) is 2.89. The zero-order valence-electron chi connectivity index (χ0n) is 23.5. The van der Waals surface area contributed by atoms with E-state index in [0.29, 0.717) is 52.9 Å². The number of fused-ring (bicyclic) bond motifs is 2. The van der Waals surface area contributed by atoms with Crippen LogP contribution in [-0.2, 0) is 0 Å². The lowest BCUT2D eigenvalue weighted by Gasteiger charge is -2.22. The van der Waals surface area contributed by atoms with E-state index in [1.165, 1.54) is 4.90 Å². The van der Waals surface area contributed by atoms with E-state index in [1.54, 1.807) is 18.3 Å². The van der Waals surface area contributed by atoms with E-state index in [2.05, 4.69) is 15.2 Å². The normalized spacial score (nSPS) is 21.6. The molecule has 1 fully saturated rings. The molecular weight excluding hydrogens is 522 g/mol. The number of aromatic amines is 1. The minimum atomic E-state index is -1.01. The molecule has 214 valence electrons. The van der Waals surface area contributed by atoms with Crippen molar-refractivity contribution in [3.8, 4) is 5.75 Å². The SMILES string of the molecule is Cc1ccc(OC[C@@H](O)CCC2=C(c3nc4cc5c(cc4[nH]3)C(=O)N([C@H]3CCN(C)C3)C5=O)C(O)NC=C2)c(C)c1. The second-order valence-electron chi connectivity index (χ2n) is 11.3. The van der Waals surface area contributed by atoms with Crippen molar-refractivity contribution < 1.29 is 24.5 Å². The topological polar surface area (TPSA) is 131 Å². The van der Waals surface area contributed by atoms with E-state index in [-0.39, 0.29) is 24.5 Å². The van der Waals surface area contributed by atoms with Crippen molar-refractivity contribution >= 4 is 28.4 Å². The number of imide groups is 1. The fourth-order valence-corrected chi connectivity index (χ4v) is 5.99. The van der Waals surface area contributed by atoms with Gasteiger partial charge in [-0.25, -0.2) is 4.98 Å². The first-order valence-electron chi connectivity index (χ1n) is 14.0. The van der Waals surface area contributed by atoms with Crippen molar-refractivity contribution in [2.75, 3.05) is 26.7 Å². The number of dihydropyridines is 1. The molecule has 3 aliphatic rings. The van der Waals surface area contributed by atoms with Crippen LogP contribution in [0.4, 0.5) is 0 Å². The molecule has 0 aliphatic carbocycles. The van der Waals surface area contributed by atoms with Crippen molar-refractivity contribution in [2.45, 2.75) is 51.5 Å². The van der Waals surface area contributed by atoms with Gasteiger partial charge < -0.3 is 30.2 Å². The molecule has 2 amide bonds. The highest BCUT2D eigenvalue weighted by Crippen LogP contribution is 2.33. The number of allylic oxidation sites excluding steroid dienone is 2. The third-order valence-electron chi connectivity index (χ3n) is 8.17. The molecule has 3 aliphatic heterocycles. The van der Waals surface area contributed by atoms with Crippen molar-refractivity contribution in [1.82, 2.24) is 25.1 Å². The van der Waals surface area contributed by atoms with Gasteiger partial charge in [0.05, 0.1) is 34.3 Å². The molecule has 3 aromatic rings. The maximum Gasteiger partial charge on any atom is 0.261 e. The van der Waals surface area contributed by atoms with Gasteiger partial charge in [-0.15, -0.1) is 0 Å². The van der Waals surface area contributed by atoms with Gasteiger partial charge >= 0.3 is 0 Å². The van der Waals surface area contributed by atoms with Gasteiger partial charge in [0, 0.05) is 12.1 Å². The number of imidazole rings is 1. The number of H-pyrrole nitrogens is 1. The standard InChI is InChI=1S/C31H35N5O5/c1-17-4-7-26(18(2)12-17)41-16-21(37)6-5-19-8-10-32-29(38)27(19)28-33-24-13-22-23(14-25(24)34-28)31(40)36(30(22)39)20-9-11-35(3)15-20/h4,7-8,10,12-14,20-21,29,32,37-38H,5-6,9,11,15-16H2,1-3H3,(H,33,34)/t20-,21-,29?/m0/s1. The highest BCUT2D eigenvalue weighted by Gasteiger charge is 2.42. The molecule has 2 aromatic carbocycles. The number of aromatic nitrogens is 2. The van der Waals surface area contributed by atoms with Crippen LogP contribution in [0, 0.1) is 13.8 Å². The van der Waals surface area contributed by atoms with Crippen LogP contribution < -0.4 is 10.1 Å². The van der Waals surface area contributed by atoms with E-state index < -0.39 is 12.3 Å². The number of likely N-dealkylation sites (N-methyl/N-ethyl adjacent to an activating group) is 1. The molecule has 1 aromatic heterocycles. The van der Waals surface area contributed by atoms with Crippen LogP contribution in [0.3, 0.4) is 0 Å². The van der Waals surface area contributed by atoms with E-state index in [0.717, 1.165) is 35.4 Å². The van der Waals surface area contributed by atoms with Crippen LogP contribution in [0.2, 0.25) is 0 Å². The number of carbonyl (C=O) groups excluding carboxylic acids is 2. The van der Waals surface area contributed by atoms with E-state index in [1.807, 2.05) is 45.2 Å². The van der Waals surface area contributed by atoms with Gasteiger partial charge in [0.25, 0.3) is 11.8 Å². The Bertz CT molecular complexity index is 1540. The van der Waals surface area contributed by atoms with E-state index in [9.17, 15) is 19.8 Å². The van der Waals surface area contributed by atoms with Gasteiger partial charge in [-0.05, 0) is 88.3 Å². The Balaban J connectivity index is 1.21. The molecule has 0 bridgehead atoms. The monoisotopic (exact) mass is 557 g/mol. The first kappa shape index (κ1) is 27.2. The third kappa shape index (κ3) is 5.14.